The first-order valence-electron chi connectivity index (χ1n) is 16.9. The normalized spacial score (nSPS) is 18.4. The number of allylic oxidation sites excluding steroid dienone is 6. The Morgan fingerprint density at radius 2 is 1.21 bits per heavy atom. The van der Waals surface area contributed by atoms with Crippen LogP contribution in [0.25, 0.3) is 17.2 Å². The Labute approximate surface area is 299 Å². The van der Waals surface area contributed by atoms with Gasteiger partial charge >= 0.3 is 0 Å². The van der Waals surface area contributed by atoms with Crippen LogP contribution in [0.2, 0.25) is 0 Å². The van der Waals surface area contributed by atoms with Gasteiger partial charge < -0.3 is 30.7 Å². The molecule has 1 atom stereocenters. The monoisotopic (exact) mass is 680 g/mol. The molecule has 52 heavy (non-hydrogen) atoms. The summed E-state index contributed by atoms with van der Waals surface area (Å²) in [5, 5.41) is 46.8. The number of aromatic amines is 1. The molecule has 0 spiro atoms. The van der Waals surface area contributed by atoms with Crippen molar-refractivity contribution in [3.63, 3.8) is 0 Å². The quantitative estimate of drug-likeness (QED) is 0.115. The molecule has 8 bridgehead atoms. The van der Waals surface area contributed by atoms with Crippen LogP contribution in [0.5, 0.6) is 23.0 Å². The van der Waals surface area contributed by atoms with E-state index in [-0.39, 0.29) is 23.0 Å². The van der Waals surface area contributed by atoms with Crippen LogP contribution >= 0.6 is 0 Å². The van der Waals surface area contributed by atoms with Crippen molar-refractivity contribution in [1.29, 1.82) is 0 Å². The van der Waals surface area contributed by atoms with Gasteiger partial charge in [-0.05, 0) is 119 Å². The second-order valence-corrected chi connectivity index (χ2v) is 13.1. The van der Waals surface area contributed by atoms with E-state index in [2.05, 4.69) is 16.4 Å². The fourth-order valence-corrected chi connectivity index (χ4v) is 7.67. The molecule has 4 aliphatic heterocycles. The summed E-state index contributed by atoms with van der Waals surface area (Å²) in [6.45, 7) is 0. The van der Waals surface area contributed by atoms with Crippen LogP contribution in [0, 0.1) is 0 Å². The van der Waals surface area contributed by atoms with Crippen LogP contribution in [-0.4, -0.2) is 42.9 Å². The number of aliphatic imine (C=N–C) groups is 2. The maximum atomic E-state index is 10.9. The van der Waals surface area contributed by atoms with Gasteiger partial charge in [-0.25, -0.2) is 4.99 Å². The molecule has 0 saturated heterocycles. The van der Waals surface area contributed by atoms with E-state index in [0.717, 1.165) is 56.2 Å². The second-order valence-electron chi connectivity index (χ2n) is 13.1. The third kappa shape index (κ3) is 5.16. The zero-order valence-corrected chi connectivity index (χ0v) is 27.7. The van der Waals surface area contributed by atoms with Gasteiger partial charge in [-0.2, -0.15) is 0 Å². The molecular formula is C44H32N4O4. The number of phenols is 4. The minimum Gasteiger partial charge on any atom is -0.508 e. The Balaban J connectivity index is 1.38. The molecule has 0 amide bonds. The van der Waals surface area contributed by atoms with Crippen molar-refractivity contribution in [3.05, 3.63) is 196 Å². The highest BCUT2D eigenvalue weighted by Gasteiger charge is 2.48. The number of aromatic hydroxyl groups is 4. The van der Waals surface area contributed by atoms with E-state index >= 15 is 0 Å². The lowest BCUT2D eigenvalue weighted by atomic mass is 9.65. The maximum absolute atomic E-state index is 10.9. The molecule has 9 rings (SSSR count). The number of benzene rings is 4. The zero-order valence-electron chi connectivity index (χ0n) is 27.7. The number of nitrogens with one attached hydrogen (secondary N) is 2. The topological polar surface area (TPSA) is 133 Å². The van der Waals surface area contributed by atoms with Crippen molar-refractivity contribution in [3.8, 4) is 23.0 Å². The number of hydrogen-bond donors (Lipinski definition) is 6. The van der Waals surface area contributed by atoms with Gasteiger partial charge in [0.1, 0.15) is 23.0 Å². The summed E-state index contributed by atoms with van der Waals surface area (Å²) < 4.78 is 0. The number of rotatable bonds is 4. The van der Waals surface area contributed by atoms with Crippen LogP contribution in [0.1, 0.15) is 33.6 Å². The van der Waals surface area contributed by atoms with E-state index < -0.39 is 11.5 Å². The van der Waals surface area contributed by atoms with Crippen molar-refractivity contribution in [2.24, 2.45) is 9.98 Å². The van der Waals surface area contributed by atoms with Crippen LogP contribution in [0.15, 0.2) is 173 Å². The predicted molar refractivity (Wildman–Crippen MR) is 204 cm³/mol. The van der Waals surface area contributed by atoms with Crippen molar-refractivity contribution in [2.75, 3.05) is 0 Å². The fraction of sp³-hybridized carbons (Fsp3) is 0.0455. The third-order valence-corrected chi connectivity index (χ3v) is 9.87. The molecule has 8 nitrogen and oxygen atoms in total. The van der Waals surface area contributed by atoms with Gasteiger partial charge in [0.15, 0.2) is 0 Å². The molecule has 1 aromatic heterocycles. The van der Waals surface area contributed by atoms with Crippen LogP contribution in [0.4, 0.5) is 0 Å². The van der Waals surface area contributed by atoms with E-state index in [0.29, 0.717) is 17.1 Å². The number of hydrogen-bond acceptors (Lipinski definition) is 7. The van der Waals surface area contributed by atoms with Gasteiger partial charge in [0, 0.05) is 28.2 Å². The highest BCUT2D eigenvalue weighted by atomic mass is 16.3. The fourth-order valence-electron chi connectivity index (χ4n) is 7.67. The third-order valence-electron chi connectivity index (χ3n) is 9.87. The highest BCUT2D eigenvalue weighted by Crippen LogP contribution is 2.46. The molecule has 5 heterocycles. The summed E-state index contributed by atoms with van der Waals surface area (Å²) >= 11 is 0. The first-order valence-corrected chi connectivity index (χ1v) is 16.9. The summed E-state index contributed by atoms with van der Waals surface area (Å²) in [6.07, 6.45) is 13.9. The molecule has 8 heteroatoms. The Morgan fingerprint density at radius 1 is 0.577 bits per heavy atom. The Morgan fingerprint density at radius 3 is 1.87 bits per heavy atom. The lowest BCUT2D eigenvalue weighted by Gasteiger charge is -2.40. The summed E-state index contributed by atoms with van der Waals surface area (Å²) in [5.41, 5.74) is 8.71. The minimum absolute atomic E-state index is 0.0878. The highest BCUT2D eigenvalue weighted by molar-refractivity contribution is 6.32. The molecule has 0 aliphatic carbocycles. The molecule has 4 aliphatic rings. The first kappa shape index (κ1) is 31.0. The standard InChI is InChI=1S/C44H32N4O4/c49-32-9-1-5-26(21-32)42-36-15-13-30(45-36)25-31-14-16-37(46-31)43(27-6-2-10-33(50)22-27)39-18-20-41(48-39)44(40-19-17-38(42)47-40,28-7-3-11-34(51)23-28)29-8-4-12-35(52)24-29/h1-25,40,46-47,49-52H. The Kier molecular flexibility index (Phi) is 7.18. The average Bonchev–Trinajstić information content (AvgIpc) is 3.96. The molecule has 5 aromatic rings. The molecular weight excluding hydrogens is 649 g/mol. The summed E-state index contributed by atoms with van der Waals surface area (Å²) in [7, 11) is 0. The van der Waals surface area contributed by atoms with E-state index in [9.17, 15) is 20.4 Å². The van der Waals surface area contributed by atoms with Gasteiger partial charge in [0.25, 0.3) is 0 Å². The number of phenolic OH excluding ortho intramolecular Hbond substituents is 4. The number of aromatic nitrogens is 1. The van der Waals surface area contributed by atoms with Gasteiger partial charge in [-0.15, -0.1) is 0 Å². The van der Waals surface area contributed by atoms with Gasteiger partial charge in [0.2, 0.25) is 0 Å². The Hall–Kier alpha value is -7.06. The van der Waals surface area contributed by atoms with Gasteiger partial charge in [0.05, 0.1) is 34.3 Å². The molecule has 4 aromatic carbocycles. The van der Waals surface area contributed by atoms with Gasteiger partial charge in [-0.3, -0.25) is 4.99 Å². The first-order chi connectivity index (χ1) is 25.3. The number of fused-ring (bicyclic) bond motifs is 6. The minimum atomic E-state index is -1.10. The van der Waals surface area contributed by atoms with Crippen LogP contribution in [-0.2, 0) is 5.41 Å². The van der Waals surface area contributed by atoms with Crippen molar-refractivity contribution in [1.82, 2.24) is 10.3 Å². The summed E-state index contributed by atoms with van der Waals surface area (Å²) in [4.78, 5) is 14.0. The molecule has 0 saturated carbocycles. The number of H-pyrrole nitrogens is 1. The van der Waals surface area contributed by atoms with Gasteiger partial charge in [-0.1, -0.05) is 54.6 Å². The maximum Gasteiger partial charge on any atom is 0.116 e. The van der Waals surface area contributed by atoms with E-state index in [1.54, 1.807) is 54.6 Å². The number of nitrogens with zero attached hydrogens (tertiary/aromatic N) is 2. The zero-order chi connectivity index (χ0) is 35.4. The molecule has 252 valence electrons. The van der Waals surface area contributed by atoms with Crippen LogP contribution < -0.4 is 5.32 Å². The van der Waals surface area contributed by atoms with E-state index in [1.807, 2.05) is 91.1 Å². The SMILES string of the molecule is Oc1cccc(C2=C3C=CC(N3)C(c3cccc(O)c3)(c3cccc(O)c3)C3=NC(=C(c4cccc(O)c4)c4ccc([nH]4)C=C4C=CC2=N4)C=C3)c1. The lowest BCUT2D eigenvalue weighted by Crippen LogP contribution is -2.51. The lowest BCUT2D eigenvalue weighted by molar-refractivity contribution is 0.467. The largest absolute Gasteiger partial charge is 0.508 e. The molecule has 1 unspecified atom stereocenters. The Bertz CT molecular complexity index is 2510. The van der Waals surface area contributed by atoms with Crippen molar-refractivity contribution >= 4 is 28.6 Å². The van der Waals surface area contributed by atoms with E-state index in [1.165, 1.54) is 0 Å². The second kappa shape index (κ2) is 12.1. The average molecular weight is 681 g/mol. The van der Waals surface area contributed by atoms with E-state index in [4.69, 9.17) is 9.98 Å². The summed E-state index contributed by atoms with van der Waals surface area (Å²) in [5.74, 6) is 0.441. The molecule has 0 radical (unpaired) electrons. The summed E-state index contributed by atoms with van der Waals surface area (Å²) in [6, 6.07) is 32.0. The molecule has 0 fully saturated rings. The van der Waals surface area contributed by atoms with Crippen LogP contribution in [0.3, 0.4) is 0 Å². The smallest absolute Gasteiger partial charge is 0.116 e. The molecule has 6 N–H and O–H groups in total. The predicted octanol–water partition coefficient (Wildman–Crippen LogP) is 7.90. The van der Waals surface area contributed by atoms with Crippen molar-refractivity contribution in [2.45, 2.75) is 11.5 Å². The van der Waals surface area contributed by atoms with Crippen molar-refractivity contribution < 1.29 is 20.4 Å².